The van der Waals surface area contributed by atoms with Gasteiger partial charge < -0.3 is 14.6 Å². The number of imidazole rings is 1. The summed E-state index contributed by atoms with van der Waals surface area (Å²) in [4.78, 5) is 4.31. The first-order chi connectivity index (χ1) is 8.33. The van der Waals surface area contributed by atoms with Gasteiger partial charge in [0.2, 0.25) is 0 Å². The number of rotatable bonds is 5. The number of anilines is 1. The Labute approximate surface area is 101 Å². The average Bonchev–Trinajstić information content (AvgIpc) is 2.84. The summed E-state index contributed by atoms with van der Waals surface area (Å²) >= 11 is 0. The first-order valence-corrected chi connectivity index (χ1v) is 5.71. The van der Waals surface area contributed by atoms with Crippen molar-refractivity contribution in [1.29, 1.82) is 0 Å². The Morgan fingerprint density at radius 3 is 3.06 bits per heavy atom. The highest BCUT2D eigenvalue weighted by molar-refractivity contribution is 5.48. The molecule has 1 aromatic heterocycles. The van der Waals surface area contributed by atoms with E-state index in [9.17, 15) is 0 Å². The van der Waals surface area contributed by atoms with Gasteiger partial charge in [0.05, 0.1) is 13.7 Å². The van der Waals surface area contributed by atoms with Crippen LogP contribution in [-0.2, 0) is 13.1 Å². The fourth-order valence-corrected chi connectivity index (χ4v) is 1.71. The number of aryl methyl sites for hydroxylation is 1. The Kier molecular flexibility index (Phi) is 3.65. The molecule has 0 fully saturated rings. The lowest BCUT2D eigenvalue weighted by molar-refractivity contribution is 0.415. The third-order valence-corrected chi connectivity index (χ3v) is 2.66. The Morgan fingerprint density at radius 1 is 1.41 bits per heavy atom. The molecule has 4 heteroatoms. The molecule has 0 radical (unpaired) electrons. The van der Waals surface area contributed by atoms with Crippen molar-refractivity contribution in [2.45, 2.75) is 20.0 Å². The molecule has 17 heavy (non-hydrogen) atoms. The summed E-state index contributed by atoms with van der Waals surface area (Å²) in [6, 6.07) is 7.88. The van der Waals surface area contributed by atoms with Crippen molar-refractivity contribution in [2.75, 3.05) is 12.4 Å². The normalized spacial score (nSPS) is 10.2. The molecule has 2 rings (SSSR count). The molecule has 0 amide bonds. The van der Waals surface area contributed by atoms with Gasteiger partial charge in [0, 0.05) is 30.7 Å². The van der Waals surface area contributed by atoms with Crippen molar-refractivity contribution in [3.8, 4) is 5.75 Å². The highest BCUT2D eigenvalue weighted by Crippen LogP contribution is 2.17. The molecule has 0 aliphatic carbocycles. The first-order valence-electron chi connectivity index (χ1n) is 5.71. The van der Waals surface area contributed by atoms with E-state index in [4.69, 9.17) is 4.74 Å². The third kappa shape index (κ3) is 2.78. The fraction of sp³-hybridized carbons (Fsp3) is 0.308. The van der Waals surface area contributed by atoms with Gasteiger partial charge in [-0.1, -0.05) is 6.07 Å². The summed E-state index contributed by atoms with van der Waals surface area (Å²) in [6.45, 7) is 3.76. The Hall–Kier alpha value is -1.97. The van der Waals surface area contributed by atoms with Crippen LogP contribution in [0, 0.1) is 0 Å². The lowest BCUT2D eigenvalue weighted by atomic mass is 10.3. The van der Waals surface area contributed by atoms with Crippen molar-refractivity contribution in [1.82, 2.24) is 9.55 Å². The molecule has 1 aromatic carbocycles. The van der Waals surface area contributed by atoms with E-state index in [1.165, 1.54) is 0 Å². The molecule has 0 saturated carbocycles. The van der Waals surface area contributed by atoms with E-state index in [-0.39, 0.29) is 0 Å². The van der Waals surface area contributed by atoms with Crippen LogP contribution in [0.2, 0.25) is 0 Å². The second kappa shape index (κ2) is 5.39. The van der Waals surface area contributed by atoms with Crippen LogP contribution in [0.4, 0.5) is 5.69 Å². The number of aromatic nitrogens is 2. The van der Waals surface area contributed by atoms with E-state index in [0.717, 1.165) is 23.8 Å². The smallest absolute Gasteiger partial charge is 0.128 e. The van der Waals surface area contributed by atoms with E-state index >= 15 is 0 Å². The number of hydrogen-bond acceptors (Lipinski definition) is 3. The SMILES string of the molecule is CCn1ccnc1CNc1cccc(OC)c1. The molecule has 0 bridgehead atoms. The molecule has 1 heterocycles. The Bertz CT molecular complexity index is 479. The number of nitrogens with one attached hydrogen (secondary N) is 1. The summed E-state index contributed by atoms with van der Waals surface area (Å²) in [5.41, 5.74) is 1.04. The van der Waals surface area contributed by atoms with Crippen LogP contribution in [0.3, 0.4) is 0 Å². The standard InChI is InChI=1S/C13H17N3O/c1-3-16-8-7-14-13(16)10-15-11-5-4-6-12(9-11)17-2/h4-9,15H,3,10H2,1-2H3. The summed E-state index contributed by atoms with van der Waals surface area (Å²) in [5, 5.41) is 3.33. The number of nitrogens with zero attached hydrogens (tertiary/aromatic N) is 2. The third-order valence-electron chi connectivity index (χ3n) is 2.66. The Morgan fingerprint density at radius 2 is 2.29 bits per heavy atom. The predicted molar refractivity (Wildman–Crippen MR) is 68.2 cm³/mol. The van der Waals surface area contributed by atoms with E-state index < -0.39 is 0 Å². The molecular formula is C13H17N3O. The van der Waals surface area contributed by atoms with E-state index in [1.807, 2.05) is 36.7 Å². The number of ether oxygens (including phenoxy) is 1. The lowest BCUT2D eigenvalue weighted by Crippen LogP contribution is -2.07. The van der Waals surface area contributed by atoms with Crippen LogP contribution >= 0.6 is 0 Å². The van der Waals surface area contributed by atoms with Crippen molar-refractivity contribution in [3.63, 3.8) is 0 Å². The molecule has 0 aliphatic heterocycles. The molecule has 4 nitrogen and oxygen atoms in total. The van der Waals surface area contributed by atoms with E-state index in [1.54, 1.807) is 7.11 Å². The molecule has 0 atom stereocenters. The molecule has 0 spiro atoms. The minimum atomic E-state index is 0.716. The second-order valence-electron chi connectivity index (χ2n) is 3.71. The largest absolute Gasteiger partial charge is 0.497 e. The number of methoxy groups -OCH3 is 1. The Balaban J connectivity index is 2.02. The zero-order chi connectivity index (χ0) is 12.1. The molecule has 90 valence electrons. The van der Waals surface area contributed by atoms with Gasteiger partial charge in [0.25, 0.3) is 0 Å². The van der Waals surface area contributed by atoms with Gasteiger partial charge in [-0.2, -0.15) is 0 Å². The van der Waals surface area contributed by atoms with Crippen LogP contribution in [0.15, 0.2) is 36.7 Å². The van der Waals surface area contributed by atoms with Crippen molar-refractivity contribution < 1.29 is 4.74 Å². The first kappa shape index (κ1) is 11.5. The van der Waals surface area contributed by atoms with Gasteiger partial charge in [0.1, 0.15) is 11.6 Å². The summed E-state index contributed by atoms with van der Waals surface area (Å²) in [6.07, 6.45) is 3.81. The van der Waals surface area contributed by atoms with Crippen molar-refractivity contribution in [3.05, 3.63) is 42.5 Å². The minimum absolute atomic E-state index is 0.716. The fourth-order valence-electron chi connectivity index (χ4n) is 1.71. The molecule has 2 aromatic rings. The molecular weight excluding hydrogens is 214 g/mol. The van der Waals surface area contributed by atoms with Gasteiger partial charge in [-0.3, -0.25) is 0 Å². The van der Waals surface area contributed by atoms with Crippen LogP contribution in [-0.4, -0.2) is 16.7 Å². The zero-order valence-corrected chi connectivity index (χ0v) is 10.2. The number of hydrogen-bond donors (Lipinski definition) is 1. The second-order valence-corrected chi connectivity index (χ2v) is 3.71. The maximum Gasteiger partial charge on any atom is 0.128 e. The lowest BCUT2D eigenvalue weighted by Gasteiger charge is -2.09. The molecule has 0 saturated heterocycles. The average molecular weight is 231 g/mol. The van der Waals surface area contributed by atoms with Gasteiger partial charge in [-0.25, -0.2) is 4.98 Å². The van der Waals surface area contributed by atoms with Crippen LogP contribution in [0.5, 0.6) is 5.75 Å². The van der Waals surface area contributed by atoms with Gasteiger partial charge in [-0.15, -0.1) is 0 Å². The van der Waals surface area contributed by atoms with Gasteiger partial charge in [-0.05, 0) is 19.1 Å². The number of benzene rings is 1. The monoisotopic (exact) mass is 231 g/mol. The van der Waals surface area contributed by atoms with E-state index in [0.29, 0.717) is 6.54 Å². The molecule has 0 aliphatic rings. The van der Waals surface area contributed by atoms with Crippen LogP contribution < -0.4 is 10.1 Å². The van der Waals surface area contributed by atoms with Gasteiger partial charge >= 0.3 is 0 Å². The van der Waals surface area contributed by atoms with E-state index in [2.05, 4.69) is 21.8 Å². The highest BCUT2D eigenvalue weighted by Gasteiger charge is 2.01. The van der Waals surface area contributed by atoms with Crippen molar-refractivity contribution in [2.24, 2.45) is 0 Å². The highest BCUT2D eigenvalue weighted by atomic mass is 16.5. The topological polar surface area (TPSA) is 39.1 Å². The summed E-state index contributed by atoms with van der Waals surface area (Å²) in [7, 11) is 1.67. The van der Waals surface area contributed by atoms with Crippen molar-refractivity contribution >= 4 is 5.69 Å². The summed E-state index contributed by atoms with van der Waals surface area (Å²) < 4.78 is 7.29. The molecule has 1 N–H and O–H groups in total. The molecule has 0 unspecified atom stereocenters. The van der Waals surface area contributed by atoms with Gasteiger partial charge in [0.15, 0.2) is 0 Å². The van der Waals surface area contributed by atoms with Crippen LogP contribution in [0.1, 0.15) is 12.7 Å². The maximum atomic E-state index is 5.18. The quantitative estimate of drug-likeness (QED) is 0.859. The summed E-state index contributed by atoms with van der Waals surface area (Å²) in [5.74, 6) is 1.89. The maximum absolute atomic E-state index is 5.18. The predicted octanol–water partition coefficient (Wildman–Crippen LogP) is 2.52. The zero-order valence-electron chi connectivity index (χ0n) is 10.2. The minimum Gasteiger partial charge on any atom is -0.497 e. The van der Waals surface area contributed by atoms with Crippen LogP contribution in [0.25, 0.3) is 0 Å².